The Morgan fingerprint density at radius 1 is 0.304 bits per heavy atom. The van der Waals surface area contributed by atoms with Crippen molar-refractivity contribution in [3.63, 3.8) is 0 Å². The number of hydrogen-bond donors (Lipinski definition) is 0. The van der Waals surface area contributed by atoms with Crippen LogP contribution in [-0.2, 0) is 0 Å². The van der Waals surface area contributed by atoms with Crippen molar-refractivity contribution in [3.8, 4) is 62.6 Å². The molecular weight excluding hydrogens is 847 g/mol. The summed E-state index contributed by atoms with van der Waals surface area (Å²) in [6, 6.07) is 71.6. The number of rotatable bonds is 7. The highest BCUT2D eigenvalue weighted by Crippen LogP contribution is 2.39. The molecular formula is C60H37N9. The summed E-state index contributed by atoms with van der Waals surface area (Å²) >= 11 is 0. The first kappa shape index (κ1) is 38.6. The van der Waals surface area contributed by atoms with E-state index in [0.29, 0.717) is 17.6 Å². The molecule has 0 radical (unpaired) electrons. The second-order valence-electron chi connectivity index (χ2n) is 17.2. The molecule has 0 spiro atoms. The van der Waals surface area contributed by atoms with Gasteiger partial charge >= 0.3 is 0 Å². The van der Waals surface area contributed by atoms with E-state index in [0.717, 1.165) is 111 Å². The van der Waals surface area contributed by atoms with Gasteiger partial charge in [-0.05, 0) is 78.9 Å². The summed E-state index contributed by atoms with van der Waals surface area (Å²) in [5.74, 6) is 1.77. The zero-order chi connectivity index (χ0) is 45.4. The predicted molar refractivity (Wildman–Crippen MR) is 278 cm³/mol. The zero-order valence-electron chi connectivity index (χ0n) is 36.9. The van der Waals surface area contributed by atoms with Gasteiger partial charge in [0.1, 0.15) is 0 Å². The number of fused-ring (bicyclic) bond motifs is 9. The number of nitrogens with zero attached hydrogens (tertiary/aromatic N) is 9. The number of hydrogen-bond acceptors (Lipinski definition) is 6. The van der Waals surface area contributed by atoms with Gasteiger partial charge in [-0.1, -0.05) is 127 Å². The third-order valence-corrected chi connectivity index (χ3v) is 13.2. The summed E-state index contributed by atoms with van der Waals surface area (Å²) in [6.45, 7) is 0. The number of para-hydroxylation sites is 3. The molecule has 0 unspecified atom stereocenters. The van der Waals surface area contributed by atoms with Crippen molar-refractivity contribution in [2.45, 2.75) is 0 Å². The summed E-state index contributed by atoms with van der Waals surface area (Å²) in [5, 5.41) is 5.55. The van der Waals surface area contributed by atoms with Crippen molar-refractivity contribution in [1.29, 1.82) is 0 Å². The quantitative estimate of drug-likeness (QED) is 0.158. The predicted octanol–water partition coefficient (Wildman–Crippen LogP) is 14.0. The van der Waals surface area contributed by atoms with Crippen molar-refractivity contribution in [2.75, 3.05) is 0 Å². The number of aromatic nitrogens is 9. The first-order valence-electron chi connectivity index (χ1n) is 22.9. The third-order valence-electron chi connectivity index (χ3n) is 13.2. The Balaban J connectivity index is 0.871. The molecule has 14 aromatic rings. The fourth-order valence-corrected chi connectivity index (χ4v) is 10.1. The largest absolute Gasteiger partial charge is 0.309 e. The van der Waals surface area contributed by atoms with Crippen LogP contribution in [0.5, 0.6) is 0 Å². The van der Waals surface area contributed by atoms with Gasteiger partial charge in [0.25, 0.3) is 0 Å². The smallest absolute Gasteiger partial charge is 0.238 e. The molecule has 0 saturated heterocycles. The van der Waals surface area contributed by atoms with E-state index in [-0.39, 0.29) is 0 Å². The van der Waals surface area contributed by atoms with Gasteiger partial charge in [0.2, 0.25) is 5.95 Å². The average Bonchev–Trinajstić information content (AvgIpc) is 4.06. The molecule has 6 aromatic heterocycles. The minimum Gasteiger partial charge on any atom is -0.309 e. The molecule has 6 heterocycles. The fraction of sp³-hybridized carbons (Fsp3) is 0. The van der Waals surface area contributed by atoms with Crippen LogP contribution < -0.4 is 0 Å². The molecule has 69 heavy (non-hydrogen) atoms. The molecule has 0 aliphatic rings. The number of pyridine rings is 1. The van der Waals surface area contributed by atoms with Gasteiger partial charge in [-0.3, -0.25) is 14.5 Å². The van der Waals surface area contributed by atoms with Crippen molar-refractivity contribution in [1.82, 2.24) is 43.6 Å². The van der Waals surface area contributed by atoms with Crippen molar-refractivity contribution >= 4 is 65.5 Å². The van der Waals surface area contributed by atoms with E-state index in [1.165, 1.54) is 0 Å². The summed E-state index contributed by atoms with van der Waals surface area (Å²) < 4.78 is 6.80. The van der Waals surface area contributed by atoms with Gasteiger partial charge < -0.3 is 9.13 Å². The van der Waals surface area contributed by atoms with Crippen LogP contribution in [0.25, 0.3) is 128 Å². The Morgan fingerprint density at radius 3 is 1.43 bits per heavy atom. The summed E-state index contributed by atoms with van der Waals surface area (Å²) in [6.07, 6.45) is 5.58. The Kier molecular flexibility index (Phi) is 8.68. The molecule has 8 aromatic carbocycles. The van der Waals surface area contributed by atoms with Crippen LogP contribution in [0.2, 0.25) is 0 Å². The van der Waals surface area contributed by atoms with E-state index >= 15 is 0 Å². The van der Waals surface area contributed by atoms with E-state index in [1.54, 1.807) is 0 Å². The van der Waals surface area contributed by atoms with E-state index < -0.39 is 0 Å². The highest BCUT2D eigenvalue weighted by atomic mass is 15.2. The maximum absolute atomic E-state index is 5.28. The summed E-state index contributed by atoms with van der Waals surface area (Å²) in [5.41, 5.74) is 14.9. The van der Waals surface area contributed by atoms with Crippen LogP contribution in [0.1, 0.15) is 0 Å². The third kappa shape index (κ3) is 6.25. The SMILES string of the molecule is c1ccc(-c2nc(-c3ccccc3)nc(-n3c4ccccc4c4cc(-c5cncc(-c6ccc7c(c6)c6ccccc6n7-c6ccc7c(c6)c6ncccc6n7-c6ccccc6)n5)ccc43)n2)cc1. The Hall–Kier alpha value is -9.60. The second-order valence-corrected chi connectivity index (χ2v) is 17.2. The zero-order valence-corrected chi connectivity index (χ0v) is 36.9. The van der Waals surface area contributed by atoms with Crippen molar-refractivity contribution in [2.24, 2.45) is 0 Å². The first-order chi connectivity index (χ1) is 34.2. The lowest BCUT2D eigenvalue weighted by molar-refractivity contribution is 0.953. The van der Waals surface area contributed by atoms with Crippen LogP contribution >= 0.6 is 0 Å². The van der Waals surface area contributed by atoms with Gasteiger partial charge in [-0.25, -0.2) is 9.97 Å². The molecule has 0 atom stereocenters. The van der Waals surface area contributed by atoms with E-state index in [1.807, 2.05) is 85.3 Å². The molecule has 0 N–H and O–H groups in total. The second kappa shape index (κ2) is 15.5. The lowest BCUT2D eigenvalue weighted by Gasteiger charge is -2.11. The lowest BCUT2D eigenvalue weighted by atomic mass is 10.1. The van der Waals surface area contributed by atoms with Crippen molar-refractivity contribution < 1.29 is 0 Å². The Bertz CT molecular complexity index is 4250. The molecule has 0 fully saturated rings. The molecule has 9 nitrogen and oxygen atoms in total. The van der Waals surface area contributed by atoms with Gasteiger partial charge in [-0.2, -0.15) is 9.97 Å². The standard InChI is InChI=1S/C60H37N9/c1-4-15-38(16-5-1)58-64-59(39-17-6-2-7-18-39)66-60(65-58)69-52-24-13-11-22-45(52)47-34-41(27-30-54(47)69)50-37-61-36-49(63-50)40-26-29-53-46(33-40)44-21-10-12-23-51(44)68(53)43-28-31-55-48(35-43)57-56(25-14-32-62-57)67(55)42-19-8-3-9-20-42/h1-37H. The van der Waals surface area contributed by atoms with Crippen LogP contribution in [0.15, 0.2) is 225 Å². The number of benzene rings is 8. The van der Waals surface area contributed by atoms with E-state index in [2.05, 4.69) is 153 Å². The van der Waals surface area contributed by atoms with Gasteiger partial charge in [0, 0.05) is 66.8 Å². The molecule has 14 rings (SSSR count). The van der Waals surface area contributed by atoms with Crippen LogP contribution in [-0.4, -0.2) is 43.6 Å². The average molecular weight is 884 g/mol. The minimum atomic E-state index is 0.549. The van der Waals surface area contributed by atoms with Crippen LogP contribution in [0, 0.1) is 0 Å². The van der Waals surface area contributed by atoms with Crippen LogP contribution in [0.3, 0.4) is 0 Å². The fourth-order valence-electron chi connectivity index (χ4n) is 10.1. The highest BCUT2D eigenvalue weighted by molar-refractivity contribution is 6.13. The van der Waals surface area contributed by atoms with Gasteiger partial charge in [0.15, 0.2) is 11.6 Å². The maximum atomic E-state index is 5.28. The lowest BCUT2D eigenvalue weighted by Crippen LogP contribution is -2.06. The highest BCUT2D eigenvalue weighted by Gasteiger charge is 2.21. The molecule has 0 aliphatic heterocycles. The Labute approximate surface area is 394 Å². The Morgan fingerprint density at radius 2 is 0.797 bits per heavy atom. The van der Waals surface area contributed by atoms with Crippen molar-refractivity contribution in [3.05, 3.63) is 225 Å². The van der Waals surface area contributed by atoms with Gasteiger partial charge in [0.05, 0.1) is 62.4 Å². The molecule has 0 saturated carbocycles. The summed E-state index contributed by atoms with van der Waals surface area (Å²) in [4.78, 5) is 30.1. The molecule has 0 amide bonds. The molecule has 0 bridgehead atoms. The monoisotopic (exact) mass is 883 g/mol. The van der Waals surface area contributed by atoms with E-state index in [4.69, 9.17) is 29.9 Å². The van der Waals surface area contributed by atoms with E-state index in [9.17, 15) is 0 Å². The molecule has 0 aliphatic carbocycles. The minimum absolute atomic E-state index is 0.549. The van der Waals surface area contributed by atoms with Crippen LogP contribution in [0.4, 0.5) is 0 Å². The molecule has 9 heteroatoms. The maximum Gasteiger partial charge on any atom is 0.238 e. The molecule has 322 valence electrons. The normalized spacial score (nSPS) is 11.8. The topological polar surface area (TPSA) is 92.1 Å². The van der Waals surface area contributed by atoms with Gasteiger partial charge in [-0.15, -0.1) is 0 Å². The summed E-state index contributed by atoms with van der Waals surface area (Å²) in [7, 11) is 0. The first-order valence-corrected chi connectivity index (χ1v) is 22.9.